The second-order valence-corrected chi connectivity index (χ2v) is 4.94. The first-order chi connectivity index (χ1) is 8.24. The minimum absolute atomic E-state index is 0.294. The highest BCUT2D eigenvalue weighted by Gasteiger charge is 2.08. The van der Waals surface area contributed by atoms with Crippen LogP contribution in [0.5, 0.6) is 0 Å². The molecular weight excluding hydrogens is 327 g/mol. The lowest BCUT2D eigenvalue weighted by atomic mass is 10.1. The van der Waals surface area contributed by atoms with Gasteiger partial charge in [-0.2, -0.15) is 0 Å². The lowest BCUT2D eigenvalue weighted by Gasteiger charge is -1.99. The summed E-state index contributed by atoms with van der Waals surface area (Å²) in [6.45, 7) is 0. The van der Waals surface area contributed by atoms with E-state index < -0.39 is 0 Å². The van der Waals surface area contributed by atoms with Gasteiger partial charge in [0.15, 0.2) is 0 Å². The van der Waals surface area contributed by atoms with E-state index >= 15 is 0 Å². The monoisotopic (exact) mass is 336 g/mol. The van der Waals surface area contributed by atoms with E-state index in [2.05, 4.69) is 55.7 Å². The molecule has 3 N–H and O–H groups in total. The van der Waals surface area contributed by atoms with E-state index in [1.165, 1.54) is 3.57 Å². The summed E-state index contributed by atoms with van der Waals surface area (Å²) < 4.78 is 1.19. The second kappa shape index (κ2) is 3.99. The number of benzene rings is 1. The summed E-state index contributed by atoms with van der Waals surface area (Å²) in [7, 11) is 0. The van der Waals surface area contributed by atoms with E-state index in [0.717, 1.165) is 22.2 Å². The molecule has 2 aromatic heterocycles. The first kappa shape index (κ1) is 10.5. The molecule has 5 heteroatoms. The number of hydrogen-bond acceptors (Lipinski definition) is 3. The molecular formula is C12H9IN4. The maximum Gasteiger partial charge on any atom is 0.220 e. The van der Waals surface area contributed by atoms with Gasteiger partial charge in [0.2, 0.25) is 5.95 Å². The summed E-state index contributed by atoms with van der Waals surface area (Å²) in [6.07, 6.45) is 3.62. The van der Waals surface area contributed by atoms with Crippen LogP contribution in [0.3, 0.4) is 0 Å². The van der Waals surface area contributed by atoms with Crippen molar-refractivity contribution in [1.82, 2.24) is 15.0 Å². The minimum Gasteiger partial charge on any atom is -0.368 e. The molecule has 0 aliphatic heterocycles. The zero-order valence-corrected chi connectivity index (χ0v) is 11.0. The number of aromatic amines is 1. The fourth-order valence-corrected chi connectivity index (χ4v) is 2.32. The van der Waals surface area contributed by atoms with Crippen molar-refractivity contribution in [2.45, 2.75) is 0 Å². The molecule has 0 spiro atoms. The van der Waals surface area contributed by atoms with Crippen LogP contribution in [0.15, 0.2) is 36.7 Å². The van der Waals surface area contributed by atoms with Crippen LogP contribution in [0.2, 0.25) is 0 Å². The number of anilines is 1. The third-order valence-corrected chi connectivity index (χ3v) is 3.26. The molecule has 17 heavy (non-hydrogen) atoms. The number of fused-ring (bicyclic) bond motifs is 1. The number of rotatable bonds is 1. The molecule has 0 fully saturated rings. The molecule has 0 atom stereocenters. The van der Waals surface area contributed by atoms with Gasteiger partial charge in [-0.15, -0.1) is 0 Å². The first-order valence-corrected chi connectivity index (χ1v) is 6.17. The average Bonchev–Trinajstić information content (AvgIpc) is 2.71. The van der Waals surface area contributed by atoms with Gasteiger partial charge in [-0.25, -0.2) is 9.97 Å². The topological polar surface area (TPSA) is 67.6 Å². The van der Waals surface area contributed by atoms with Gasteiger partial charge >= 0.3 is 0 Å². The maximum absolute atomic E-state index is 5.60. The van der Waals surface area contributed by atoms with Crippen LogP contribution in [-0.4, -0.2) is 15.0 Å². The highest BCUT2D eigenvalue weighted by Crippen LogP contribution is 2.28. The van der Waals surface area contributed by atoms with Gasteiger partial charge in [0.05, 0.1) is 5.69 Å². The predicted octanol–water partition coefficient (Wildman–Crippen LogP) is 2.81. The minimum atomic E-state index is 0.294. The van der Waals surface area contributed by atoms with Gasteiger partial charge in [-0.3, -0.25) is 0 Å². The van der Waals surface area contributed by atoms with Crippen LogP contribution in [0.4, 0.5) is 5.95 Å². The molecule has 1 aromatic carbocycles. The standard InChI is InChI=1S/C12H9IN4/c13-7-1-2-10-8(5-7)9(6-16-10)11-3-4-15-12(14)17-11/h1-6,16H,(H2,14,15,17). The molecule has 0 aliphatic carbocycles. The predicted molar refractivity (Wildman–Crippen MR) is 76.5 cm³/mol. The number of nitrogens with two attached hydrogens (primary N) is 1. The van der Waals surface area contributed by atoms with E-state index in [1.807, 2.05) is 12.3 Å². The Morgan fingerprint density at radius 3 is 2.94 bits per heavy atom. The highest BCUT2D eigenvalue weighted by atomic mass is 127. The molecule has 0 saturated heterocycles. The smallest absolute Gasteiger partial charge is 0.220 e. The maximum atomic E-state index is 5.60. The van der Waals surface area contributed by atoms with Crippen LogP contribution in [0.25, 0.3) is 22.2 Å². The second-order valence-electron chi connectivity index (χ2n) is 3.69. The number of nitrogen functional groups attached to an aromatic ring is 1. The van der Waals surface area contributed by atoms with E-state index in [0.29, 0.717) is 5.95 Å². The molecule has 0 aliphatic rings. The van der Waals surface area contributed by atoms with E-state index in [-0.39, 0.29) is 0 Å². The van der Waals surface area contributed by atoms with E-state index in [4.69, 9.17) is 5.73 Å². The van der Waals surface area contributed by atoms with Gasteiger partial charge < -0.3 is 10.7 Å². The van der Waals surface area contributed by atoms with Crippen LogP contribution in [0, 0.1) is 3.57 Å². The Hall–Kier alpha value is -1.63. The average molecular weight is 336 g/mol. The molecule has 3 rings (SSSR count). The van der Waals surface area contributed by atoms with Crippen molar-refractivity contribution in [3.63, 3.8) is 0 Å². The Bertz CT molecular complexity index is 690. The summed E-state index contributed by atoms with van der Waals surface area (Å²) in [6, 6.07) is 8.11. The van der Waals surface area contributed by atoms with Gasteiger partial charge in [0.1, 0.15) is 0 Å². The van der Waals surface area contributed by atoms with Crippen molar-refractivity contribution < 1.29 is 0 Å². The largest absolute Gasteiger partial charge is 0.368 e. The fraction of sp³-hybridized carbons (Fsp3) is 0. The number of nitrogens with zero attached hydrogens (tertiary/aromatic N) is 2. The van der Waals surface area contributed by atoms with Crippen LogP contribution in [0.1, 0.15) is 0 Å². The molecule has 0 unspecified atom stereocenters. The Morgan fingerprint density at radius 1 is 1.24 bits per heavy atom. The summed E-state index contributed by atoms with van der Waals surface area (Å²) in [5, 5.41) is 1.15. The van der Waals surface area contributed by atoms with Gasteiger partial charge in [0.25, 0.3) is 0 Å². The zero-order valence-electron chi connectivity index (χ0n) is 8.81. The zero-order chi connectivity index (χ0) is 11.8. The van der Waals surface area contributed by atoms with Crippen molar-refractivity contribution in [3.8, 4) is 11.3 Å². The number of nitrogens with one attached hydrogen (secondary N) is 1. The third-order valence-electron chi connectivity index (χ3n) is 2.59. The van der Waals surface area contributed by atoms with Crippen molar-refractivity contribution in [2.75, 3.05) is 5.73 Å². The van der Waals surface area contributed by atoms with E-state index in [9.17, 15) is 0 Å². The molecule has 84 valence electrons. The van der Waals surface area contributed by atoms with Gasteiger partial charge in [-0.1, -0.05) is 0 Å². The van der Waals surface area contributed by atoms with Crippen molar-refractivity contribution in [1.29, 1.82) is 0 Å². The molecule has 4 nitrogen and oxygen atoms in total. The Labute approximate surface area is 111 Å². The van der Waals surface area contributed by atoms with Crippen molar-refractivity contribution in [3.05, 3.63) is 40.2 Å². The number of aromatic nitrogens is 3. The molecule has 3 aromatic rings. The summed E-state index contributed by atoms with van der Waals surface area (Å²) in [5.41, 5.74) is 8.59. The number of hydrogen-bond donors (Lipinski definition) is 2. The Balaban J connectivity index is 2.27. The normalized spacial score (nSPS) is 10.9. The highest BCUT2D eigenvalue weighted by molar-refractivity contribution is 14.1. The Morgan fingerprint density at radius 2 is 2.12 bits per heavy atom. The van der Waals surface area contributed by atoms with Gasteiger partial charge in [-0.05, 0) is 46.9 Å². The van der Waals surface area contributed by atoms with Gasteiger partial charge in [0, 0.05) is 32.4 Å². The SMILES string of the molecule is Nc1nccc(-c2c[nH]c3ccc(I)cc23)n1. The van der Waals surface area contributed by atoms with E-state index in [1.54, 1.807) is 6.20 Å². The summed E-state index contributed by atoms with van der Waals surface area (Å²) in [5.74, 6) is 0.294. The van der Waals surface area contributed by atoms with Crippen LogP contribution in [-0.2, 0) is 0 Å². The quantitative estimate of drug-likeness (QED) is 0.672. The van der Waals surface area contributed by atoms with Crippen molar-refractivity contribution in [2.24, 2.45) is 0 Å². The fourth-order valence-electron chi connectivity index (χ4n) is 1.83. The summed E-state index contributed by atoms with van der Waals surface area (Å²) in [4.78, 5) is 11.4. The Kier molecular flexibility index (Phi) is 2.47. The lowest BCUT2D eigenvalue weighted by molar-refractivity contribution is 1.19. The molecule has 0 bridgehead atoms. The first-order valence-electron chi connectivity index (χ1n) is 5.09. The van der Waals surface area contributed by atoms with Crippen LogP contribution >= 0.6 is 22.6 Å². The molecule has 0 amide bonds. The number of H-pyrrole nitrogens is 1. The molecule has 0 saturated carbocycles. The molecule has 2 heterocycles. The van der Waals surface area contributed by atoms with Crippen molar-refractivity contribution >= 4 is 39.4 Å². The lowest BCUT2D eigenvalue weighted by Crippen LogP contribution is -1.94. The van der Waals surface area contributed by atoms with Crippen LogP contribution < -0.4 is 5.73 Å². The molecule has 0 radical (unpaired) electrons. The third kappa shape index (κ3) is 1.86. The summed E-state index contributed by atoms with van der Waals surface area (Å²) >= 11 is 2.30. The number of halogens is 1.